The summed E-state index contributed by atoms with van der Waals surface area (Å²) >= 11 is 0. The predicted octanol–water partition coefficient (Wildman–Crippen LogP) is 2.97. The van der Waals surface area contributed by atoms with E-state index >= 15 is 0 Å². The molecule has 1 aliphatic heterocycles. The predicted molar refractivity (Wildman–Crippen MR) is 63.6 cm³/mol. The summed E-state index contributed by atoms with van der Waals surface area (Å²) in [5.41, 5.74) is 1.37. The van der Waals surface area contributed by atoms with Gasteiger partial charge >= 0.3 is 0 Å². The lowest BCUT2D eigenvalue weighted by Gasteiger charge is -2.16. The molecule has 0 fully saturated rings. The van der Waals surface area contributed by atoms with Crippen molar-refractivity contribution in [2.24, 2.45) is 5.92 Å². The van der Waals surface area contributed by atoms with E-state index in [1.54, 1.807) is 0 Å². The average molecular weight is 226 g/mol. The largest absolute Gasteiger partial charge is 0.459 e. The highest BCUT2D eigenvalue weighted by Crippen LogP contribution is 2.22. The van der Waals surface area contributed by atoms with Crippen molar-refractivity contribution in [3.63, 3.8) is 0 Å². The number of hydrogen-bond donors (Lipinski definition) is 1. The van der Waals surface area contributed by atoms with Crippen LogP contribution in [-0.4, -0.2) is 18.0 Å². The first kappa shape index (κ1) is 13.1. The monoisotopic (exact) mass is 226 g/mol. The van der Waals surface area contributed by atoms with Crippen LogP contribution < -0.4 is 0 Å². The third-order valence-corrected chi connectivity index (χ3v) is 2.60. The minimum atomic E-state index is -0.205. The Kier molecular flexibility index (Phi) is 5.39. The van der Waals surface area contributed by atoms with E-state index in [-0.39, 0.29) is 12.9 Å². The van der Waals surface area contributed by atoms with Crippen LogP contribution in [0.5, 0.6) is 0 Å². The molecule has 0 spiro atoms. The number of hydrogen-bond acceptors (Lipinski definition) is 3. The summed E-state index contributed by atoms with van der Waals surface area (Å²) in [6.45, 7) is 6.35. The molecular formula is C13H22O3. The molecule has 0 saturated heterocycles. The van der Waals surface area contributed by atoms with Crippen LogP contribution in [0.15, 0.2) is 23.7 Å². The first-order chi connectivity index (χ1) is 7.61. The number of rotatable bonds is 6. The molecule has 0 amide bonds. The molecule has 0 aliphatic carbocycles. The SMILES string of the molecule is CC(C)=CCCC(C)C[C@@H]1OC=C(CO)O1. The first-order valence-corrected chi connectivity index (χ1v) is 5.87. The summed E-state index contributed by atoms with van der Waals surface area (Å²) in [5.74, 6) is 1.09. The van der Waals surface area contributed by atoms with Crippen LogP contribution in [0.4, 0.5) is 0 Å². The molecule has 0 radical (unpaired) electrons. The zero-order valence-electron chi connectivity index (χ0n) is 10.4. The maximum atomic E-state index is 8.84. The Morgan fingerprint density at radius 3 is 2.88 bits per heavy atom. The van der Waals surface area contributed by atoms with Gasteiger partial charge in [0.1, 0.15) is 12.9 Å². The highest BCUT2D eigenvalue weighted by atomic mass is 16.7. The molecule has 0 saturated carbocycles. The van der Waals surface area contributed by atoms with Crippen LogP contribution in [0.2, 0.25) is 0 Å². The second-order valence-electron chi connectivity index (χ2n) is 4.63. The van der Waals surface area contributed by atoms with Gasteiger partial charge in [-0.2, -0.15) is 0 Å². The molecule has 1 unspecified atom stereocenters. The van der Waals surface area contributed by atoms with Crippen LogP contribution in [-0.2, 0) is 9.47 Å². The van der Waals surface area contributed by atoms with Gasteiger partial charge in [0.05, 0.1) is 0 Å². The smallest absolute Gasteiger partial charge is 0.240 e. The maximum absolute atomic E-state index is 8.84. The van der Waals surface area contributed by atoms with E-state index in [4.69, 9.17) is 14.6 Å². The van der Waals surface area contributed by atoms with Gasteiger partial charge in [-0.1, -0.05) is 18.6 Å². The Labute approximate surface area is 97.8 Å². The van der Waals surface area contributed by atoms with Gasteiger partial charge in [0.15, 0.2) is 5.76 Å². The zero-order valence-corrected chi connectivity index (χ0v) is 10.4. The van der Waals surface area contributed by atoms with Gasteiger partial charge in [-0.3, -0.25) is 0 Å². The standard InChI is InChI=1S/C13H22O3/c1-10(2)5-4-6-11(3)7-13-15-9-12(8-14)16-13/h5,9,11,13-14H,4,6-8H2,1-3H3/t11?,13-/m1/s1. The van der Waals surface area contributed by atoms with Crippen molar-refractivity contribution in [3.8, 4) is 0 Å². The van der Waals surface area contributed by atoms with Crippen molar-refractivity contribution in [2.45, 2.75) is 46.3 Å². The summed E-state index contributed by atoms with van der Waals surface area (Å²) < 4.78 is 10.7. The van der Waals surface area contributed by atoms with Crippen molar-refractivity contribution in [3.05, 3.63) is 23.7 Å². The lowest BCUT2D eigenvalue weighted by Crippen LogP contribution is -2.13. The van der Waals surface area contributed by atoms with Crippen LogP contribution in [0.25, 0.3) is 0 Å². The highest BCUT2D eigenvalue weighted by Gasteiger charge is 2.20. The van der Waals surface area contributed by atoms with Gasteiger partial charge < -0.3 is 14.6 Å². The molecule has 0 aromatic rings. The lowest BCUT2D eigenvalue weighted by atomic mass is 10.0. The van der Waals surface area contributed by atoms with E-state index in [1.165, 1.54) is 11.8 Å². The van der Waals surface area contributed by atoms with Crippen molar-refractivity contribution >= 4 is 0 Å². The van der Waals surface area contributed by atoms with E-state index in [0.717, 1.165) is 19.3 Å². The Balaban J connectivity index is 2.16. The third-order valence-electron chi connectivity index (χ3n) is 2.60. The van der Waals surface area contributed by atoms with Crippen molar-refractivity contribution in [2.75, 3.05) is 6.61 Å². The summed E-state index contributed by atoms with van der Waals surface area (Å²) in [7, 11) is 0. The van der Waals surface area contributed by atoms with Gasteiger partial charge in [0.2, 0.25) is 6.29 Å². The fraction of sp³-hybridized carbons (Fsp3) is 0.692. The molecule has 1 rings (SSSR count). The summed E-state index contributed by atoms with van der Waals surface area (Å²) in [6, 6.07) is 0. The maximum Gasteiger partial charge on any atom is 0.240 e. The van der Waals surface area contributed by atoms with E-state index < -0.39 is 0 Å². The fourth-order valence-electron chi connectivity index (χ4n) is 1.66. The van der Waals surface area contributed by atoms with Crippen molar-refractivity contribution < 1.29 is 14.6 Å². The van der Waals surface area contributed by atoms with Gasteiger partial charge in [0, 0.05) is 6.42 Å². The highest BCUT2D eigenvalue weighted by molar-refractivity contribution is 4.94. The topological polar surface area (TPSA) is 38.7 Å². The van der Waals surface area contributed by atoms with Crippen LogP contribution >= 0.6 is 0 Å². The quantitative estimate of drug-likeness (QED) is 0.708. The van der Waals surface area contributed by atoms with Gasteiger partial charge in [-0.15, -0.1) is 0 Å². The lowest BCUT2D eigenvalue weighted by molar-refractivity contribution is -0.0513. The molecule has 16 heavy (non-hydrogen) atoms. The summed E-state index contributed by atoms with van der Waals surface area (Å²) in [4.78, 5) is 0. The Morgan fingerprint density at radius 1 is 1.56 bits per heavy atom. The van der Waals surface area contributed by atoms with Crippen molar-refractivity contribution in [1.82, 2.24) is 0 Å². The molecule has 0 bridgehead atoms. The first-order valence-electron chi connectivity index (χ1n) is 5.87. The van der Waals surface area contributed by atoms with E-state index in [9.17, 15) is 0 Å². The number of aliphatic hydroxyl groups excluding tert-OH is 1. The fourth-order valence-corrected chi connectivity index (χ4v) is 1.66. The molecule has 0 aromatic carbocycles. The van der Waals surface area contributed by atoms with Crippen molar-refractivity contribution in [1.29, 1.82) is 0 Å². The van der Waals surface area contributed by atoms with E-state index in [1.807, 2.05) is 0 Å². The van der Waals surface area contributed by atoms with Gasteiger partial charge in [-0.05, 0) is 32.6 Å². The van der Waals surface area contributed by atoms with Crippen LogP contribution in [0, 0.1) is 5.92 Å². The number of allylic oxidation sites excluding steroid dienone is 2. The molecule has 2 atom stereocenters. The molecule has 92 valence electrons. The van der Waals surface area contributed by atoms with Crippen LogP contribution in [0.1, 0.15) is 40.0 Å². The Morgan fingerprint density at radius 2 is 2.31 bits per heavy atom. The van der Waals surface area contributed by atoms with E-state index in [2.05, 4.69) is 26.8 Å². The minimum Gasteiger partial charge on any atom is -0.459 e. The average Bonchev–Trinajstić information content (AvgIpc) is 2.65. The zero-order chi connectivity index (χ0) is 12.0. The summed E-state index contributed by atoms with van der Waals surface area (Å²) in [6.07, 6.45) is 6.68. The Bertz CT molecular complexity index is 264. The number of aliphatic hydroxyl groups is 1. The molecule has 3 heteroatoms. The molecule has 1 N–H and O–H groups in total. The third kappa shape index (κ3) is 4.71. The van der Waals surface area contributed by atoms with Crippen LogP contribution in [0.3, 0.4) is 0 Å². The van der Waals surface area contributed by atoms with Gasteiger partial charge in [0.25, 0.3) is 0 Å². The van der Waals surface area contributed by atoms with Gasteiger partial charge in [-0.25, -0.2) is 0 Å². The number of ether oxygens (including phenoxy) is 2. The summed E-state index contributed by atoms with van der Waals surface area (Å²) in [5, 5.41) is 8.84. The molecular weight excluding hydrogens is 204 g/mol. The Hall–Kier alpha value is -0.960. The minimum absolute atomic E-state index is 0.0807. The second kappa shape index (κ2) is 6.59. The molecule has 1 heterocycles. The molecule has 3 nitrogen and oxygen atoms in total. The molecule has 0 aromatic heterocycles. The molecule has 1 aliphatic rings. The normalized spacial score (nSPS) is 20.8. The van der Waals surface area contributed by atoms with E-state index in [0.29, 0.717) is 11.7 Å². The second-order valence-corrected chi connectivity index (χ2v) is 4.63.